The number of nitrogens with zero attached hydrogens (tertiary/aromatic N) is 1. The van der Waals surface area contributed by atoms with Crippen molar-refractivity contribution in [2.75, 3.05) is 27.3 Å². The minimum atomic E-state index is -4.29. The predicted molar refractivity (Wildman–Crippen MR) is 48.0 cm³/mol. The van der Waals surface area contributed by atoms with E-state index in [0.717, 1.165) is 0 Å². The maximum Gasteiger partial charge on any atom is 0.405 e. The van der Waals surface area contributed by atoms with Crippen molar-refractivity contribution in [3.05, 3.63) is 0 Å². The first-order valence-electron chi connectivity index (χ1n) is 4.32. The Hall–Kier alpha value is -0.330. The van der Waals surface area contributed by atoms with Crippen LogP contribution in [0.1, 0.15) is 6.92 Å². The summed E-state index contributed by atoms with van der Waals surface area (Å²) in [7, 11) is 2.85. The third-order valence-corrected chi connectivity index (χ3v) is 2.20. The Bertz CT molecular complexity index is 163. The highest BCUT2D eigenvalue weighted by molar-refractivity contribution is 4.80. The number of hydrogen-bond acceptors (Lipinski definition) is 3. The first-order chi connectivity index (χ1) is 6.34. The standard InChI is InChI=1S/C8H17F3N2O/c1-6(5-14-3)13(2)7(4-12)8(9,10)11/h6-7H,4-5,12H2,1-3H3. The van der Waals surface area contributed by atoms with Crippen molar-refractivity contribution < 1.29 is 17.9 Å². The molecule has 0 spiro atoms. The third kappa shape index (κ3) is 3.81. The summed E-state index contributed by atoms with van der Waals surface area (Å²) in [5, 5.41) is 0. The fraction of sp³-hybridized carbons (Fsp3) is 1.00. The highest BCUT2D eigenvalue weighted by atomic mass is 19.4. The zero-order valence-electron chi connectivity index (χ0n) is 8.64. The highest BCUT2D eigenvalue weighted by Gasteiger charge is 2.42. The van der Waals surface area contributed by atoms with Crippen LogP contribution in [-0.4, -0.2) is 50.5 Å². The van der Waals surface area contributed by atoms with Gasteiger partial charge >= 0.3 is 6.18 Å². The first kappa shape index (κ1) is 13.7. The minimum Gasteiger partial charge on any atom is -0.383 e. The van der Waals surface area contributed by atoms with Gasteiger partial charge in [-0.1, -0.05) is 0 Å². The lowest BCUT2D eigenvalue weighted by molar-refractivity contribution is -0.183. The molecule has 0 aromatic rings. The van der Waals surface area contributed by atoms with E-state index in [-0.39, 0.29) is 12.6 Å². The van der Waals surface area contributed by atoms with Gasteiger partial charge in [-0.25, -0.2) is 0 Å². The molecule has 0 saturated carbocycles. The van der Waals surface area contributed by atoms with Crippen molar-refractivity contribution in [3.8, 4) is 0 Å². The second-order valence-electron chi connectivity index (χ2n) is 3.26. The topological polar surface area (TPSA) is 38.5 Å². The van der Waals surface area contributed by atoms with Crippen molar-refractivity contribution in [2.24, 2.45) is 5.73 Å². The van der Waals surface area contributed by atoms with Crippen LogP contribution in [0.2, 0.25) is 0 Å². The number of ether oxygens (including phenoxy) is 1. The van der Waals surface area contributed by atoms with Crippen LogP contribution in [0.4, 0.5) is 13.2 Å². The Balaban J connectivity index is 4.38. The van der Waals surface area contributed by atoms with Gasteiger partial charge in [0.25, 0.3) is 0 Å². The Morgan fingerprint density at radius 2 is 1.93 bits per heavy atom. The number of likely N-dealkylation sites (N-methyl/N-ethyl adjacent to an activating group) is 1. The Kier molecular flexibility index (Phi) is 5.40. The second kappa shape index (κ2) is 5.53. The van der Waals surface area contributed by atoms with Gasteiger partial charge in [0.15, 0.2) is 0 Å². The summed E-state index contributed by atoms with van der Waals surface area (Å²) in [4.78, 5) is 1.18. The molecule has 3 nitrogen and oxygen atoms in total. The summed E-state index contributed by atoms with van der Waals surface area (Å²) in [6, 6.07) is -1.91. The van der Waals surface area contributed by atoms with Crippen LogP contribution in [0.15, 0.2) is 0 Å². The predicted octanol–water partition coefficient (Wildman–Crippen LogP) is 0.843. The molecule has 0 bridgehead atoms. The first-order valence-corrected chi connectivity index (χ1v) is 4.32. The van der Waals surface area contributed by atoms with Gasteiger partial charge < -0.3 is 10.5 Å². The van der Waals surface area contributed by atoms with Gasteiger partial charge in [-0.3, -0.25) is 4.90 Å². The van der Waals surface area contributed by atoms with Crippen LogP contribution < -0.4 is 5.73 Å². The summed E-state index contributed by atoms with van der Waals surface area (Å²) in [6.45, 7) is 1.48. The lowest BCUT2D eigenvalue weighted by Gasteiger charge is -2.33. The summed E-state index contributed by atoms with van der Waals surface area (Å²) in [5.41, 5.74) is 5.09. The molecule has 86 valence electrons. The zero-order valence-corrected chi connectivity index (χ0v) is 8.64. The van der Waals surface area contributed by atoms with E-state index in [1.165, 1.54) is 19.1 Å². The average molecular weight is 214 g/mol. The van der Waals surface area contributed by atoms with Gasteiger partial charge in [0, 0.05) is 19.7 Å². The van der Waals surface area contributed by atoms with E-state index in [1.807, 2.05) is 0 Å². The quantitative estimate of drug-likeness (QED) is 0.737. The van der Waals surface area contributed by atoms with Gasteiger partial charge in [0.2, 0.25) is 0 Å². The molecular weight excluding hydrogens is 197 g/mol. The molecule has 0 aliphatic rings. The van der Waals surface area contributed by atoms with Crippen LogP contribution in [0.5, 0.6) is 0 Å². The van der Waals surface area contributed by atoms with E-state index in [9.17, 15) is 13.2 Å². The molecule has 2 atom stereocenters. The van der Waals surface area contributed by atoms with Crippen molar-refractivity contribution in [2.45, 2.75) is 25.2 Å². The molecule has 2 unspecified atom stereocenters. The van der Waals surface area contributed by atoms with Crippen LogP contribution in [0.25, 0.3) is 0 Å². The zero-order chi connectivity index (χ0) is 11.4. The maximum atomic E-state index is 12.4. The maximum absolute atomic E-state index is 12.4. The van der Waals surface area contributed by atoms with E-state index in [1.54, 1.807) is 6.92 Å². The molecule has 14 heavy (non-hydrogen) atoms. The number of nitrogens with two attached hydrogens (primary N) is 1. The van der Waals surface area contributed by atoms with E-state index in [0.29, 0.717) is 0 Å². The molecule has 0 fully saturated rings. The number of methoxy groups -OCH3 is 1. The van der Waals surface area contributed by atoms with Crippen molar-refractivity contribution in [1.82, 2.24) is 4.90 Å². The fourth-order valence-electron chi connectivity index (χ4n) is 1.20. The lowest BCUT2D eigenvalue weighted by atomic mass is 10.2. The largest absolute Gasteiger partial charge is 0.405 e. The molecule has 0 saturated heterocycles. The molecule has 0 rings (SSSR count). The summed E-state index contributed by atoms with van der Waals surface area (Å²) < 4.78 is 42.0. The van der Waals surface area contributed by atoms with E-state index in [4.69, 9.17) is 10.5 Å². The van der Waals surface area contributed by atoms with Crippen molar-refractivity contribution in [3.63, 3.8) is 0 Å². The smallest absolute Gasteiger partial charge is 0.383 e. The van der Waals surface area contributed by atoms with E-state index < -0.39 is 18.8 Å². The molecule has 0 aromatic carbocycles. The summed E-state index contributed by atoms with van der Waals surface area (Å²) in [6.07, 6.45) is -4.29. The van der Waals surface area contributed by atoms with Crippen molar-refractivity contribution in [1.29, 1.82) is 0 Å². The van der Waals surface area contributed by atoms with Gasteiger partial charge in [-0.15, -0.1) is 0 Å². The molecule has 0 aliphatic heterocycles. The number of rotatable bonds is 5. The van der Waals surface area contributed by atoms with Gasteiger partial charge in [-0.05, 0) is 14.0 Å². The second-order valence-corrected chi connectivity index (χ2v) is 3.26. The minimum absolute atomic E-state index is 0.253. The summed E-state index contributed by atoms with van der Waals surface area (Å²) in [5.74, 6) is 0. The monoisotopic (exact) mass is 214 g/mol. The van der Waals surface area contributed by atoms with Crippen LogP contribution >= 0.6 is 0 Å². The van der Waals surface area contributed by atoms with Gasteiger partial charge in [0.05, 0.1) is 6.61 Å². The van der Waals surface area contributed by atoms with Crippen LogP contribution in [0.3, 0.4) is 0 Å². The highest BCUT2D eigenvalue weighted by Crippen LogP contribution is 2.24. The third-order valence-electron chi connectivity index (χ3n) is 2.20. The number of alkyl halides is 3. The Morgan fingerprint density at radius 1 is 1.43 bits per heavy atom. The van der Waals surface area contributed by atoms with E-state index >= 15 is 0 Å². The van der Waals surface area contributed by atoms with Crippen LogP contribution in [-0.2, 0) is 4.74 Å². The molecule has 0 amide bonds. The van der Waals surface area contributed by atoms with Gasteiger partial charge in [-0.2, -0.15) is 13.2 Å². The van der Waals surface area contributed by atoms with Crippen LogP contribution in [0, 0.1) is 0 Å². The van der Waals surface area contributed by atoms with Crippen molar-refractivity contribution >= 4 is 0 Å². The number of halogens is 3. The number of hydrogen-bond donors (Lipinski definition) is 1. The average Bonchev–Trinajstić information content (AvgIpc) is 2.03. The summed E-state index contributed by atoms with van der Waals surface area (Å²) >= 11 is 0. The molecule has 0 radical (unpaired) electrons. The SMILES string of the molecule is COCC(C)N(C)C(CN)C(F)(F)F. The Labute approximate surface area is 82.0 Å². The molecule has 6 heteroatoms. The molecule has 0 heterocycles. The molecule has 2 N–H and O–H groups in total. The van der Waals surface area contributed by atoms with E-state index in [2.05, 4.69) is 0 Å². The molecule has 0 aromatic heterocycles. The van der Waals surface area contributed by atoms with Gasteiger partial charge in [0.1, 0.15) is 6.04 Å². The lowest BCUT2D eigenvalue weighted by Crippen LogP contribution is -2.52. The Morgan fingerprint density at radius 3 is 2.21 bits per heavy atom. The fourth-order valence-corrected chi connectivity index (χ4v) is 1.20. The molecule has 0 aliphatic carbocycles. The normalized spacial score (nSPS) is 17.1. The molecular formula is C8H17F3N2O.